The van der Waals surface area contributed by atoms with Crippen LogP contribution in [0.3, 0.4) is 0 Å². The lowest BCUT2D eigenvalue weighted by Crippen LogP contribution is -2.35. The molecule has 2 aromatic heterocycles. The number of likely N-dealkylation sites (tertiary alicyclic amines) is 1. The highest BCUT2D eigenvalue weighted by Gasteiger charge is 2.18. The largest absolute Gasteiger partial charge is 0.393 e. The summed E-state index contributed by atoms with van der Waals surface area (Å²) in [6.45, 7) is 6.84. The van der Waals surface area contributed by atoms with Crippen LogP contribution in [-0.2, 0) is 6.54 Å². The standard InChI is InChI=1S/C21H25N5OS/c1-14-9-15(2)11-16(10-14)23-21-22-6-3-18(25-21)19-13-28-20(24-19)12-26-7-4-17(27)5-8-26/h3,6,9-11,13,17,27H,4-5,7-8,12H2,1-2H3,(H,22,23,25). The van der Waals surface area contributed by atoms with Crippen molar-refractivity contribution in [1.29, 1.82) is 0 Å². The Morgan fingerprint density at radius 1 is 1.11 bits per heavy atom. The van der Waals surface area contributed by atoms with Gasteiger partial charge in [0.1, 0.15) is 10.7 Å². The molecule has 0 amide bonds. The fraction of sp³-hybridized carbons (Fsp3) is 0.381. The number of anilines is 2. The molecule has 1 aliphatic rings. The molecular formula is C21H25N5OS. The van der Waals surface area contributed by atoms with E-state index in [0.29, 0.717) is 5.95 Å². The molecule has 0 unspecified atom stereocenters. The second kappa shape index (κ2) is 8.34. The first kappa shape index (κ1) is 19.0. The molecule has 3 heterocycles. The van der Waals surface area contributed by atoms with E-state index in [0.717, 1.165) is 54.6 Å². The Bertz CT molecular complexity index is 929. The van der Waals surface area contributed by atoms with Gasteiger partial charge in [-0.1, -0.05) is 6.07 Å². The molecule has 0 saturated carbocycles. The van der Waals surface area contributed by atoms with Gasteiger partial charge in [0.2, 0.25) is 5.95 Å². The molecule has 1 aromatic carbocycles. The second-order valence-electron chi connectivity index (χ2n) is 7.40. The molecule has 0 spiro atoms. The fourth-order valence-corrected chi connectivity index (χ4v) is 4.34. The average molecular weight is 396 g/mol. The number of rotatable bonds is 5. The topological polar surface area (TPSA) is 74.2 Å². The Labute approximate surface area is 169 Å². The normalized spacial score (nSPS) is 15.7. The molecule has 0 aliphatic carbocycles. The SMILES string of the molecule is Cc1cc(C)cc(Nc2nccc(-c3csc(CN4CCC(O)CC4)n3)n2)c1. The molecule has 1 aliphatic heterocycles. The fourth-order valence-electron chi connectivity index (χ4n) is 3.51. The number of nitrogens with zero attached hydrogens (tertiary/aromatic N) is 4. The number of piperidine rings is 1. The number of thiazole rings is 1. The maximum absolute atomic E-state index is 9.65. The average Bonchev–Trinajstić information content (AvgIpc) is 3.12. The van der Waals surface area contributed by atoms with Crippen LogP contribution in [0.1, 0.15) is 29.0 Å². The second-order valence-corrected chi connectivity index (χ2v) is 8.34. The van der Waals surface area contributed by atoms with Crippen molar-refractivity contribution in [2.75, 3.05) is 18.4 Å². The molecule has 0 atom stereocenters. The third-order valence-electron chi connectivity index (χ3n) is 4.86. The van der Waals surface area contributed by atoms with Gasteiger partial charge < -0.3 is 10.4 Å². The molecular weight excluding hydrogens is 370 g/mol. The number of aryl methyl sites for hydroxylation is 2. The third-order valence-corrected chi connectivity index (χ3v) is 5.70. The summed E-state index contributed by atoms with van der Waals surface area (Å²) < 4.78 is 0. The molecule has 7 heteroatoms. The van der Waals surface area contributed by atoms with Crippen LogP contribution >= 0.6 is 11.3 Å². The van der Waals surface area contributed by atoms with Gasteiger partial charge in [-0.05, 0) is 56.0 Å². The van der Waals surface area contributed by atoms with E-state index in [1.54, 1.807) is 17.5 Å². The van der Waals surface area contributed by atoms with E-state index in [1.807, 2.05) is 6.07 Å². The van der Waals surface area contributed by atoms with Crippen LogP contribution in [0.5, 0.6) is 0 Å². The van der Waals surface area contributed by atoms with E-state index in [9.17, 15) is 5.11 Å². The van der Waals surface area contributed by atoms with Gasteiger partial charge in [-0.3, -0.25) is 4.90 Å². The summed E-state index contributed by atoms with van der Waals surface area (Å²) in [6.07, 6.45) is 3.31. The summed E-state index contributed by atoms with van der Waals surface area (Å²) >= 11 is 1.66. The number of aromatic nitrogens is 3. The van der Waals surface area contributed by atoms with Gasteiger partial charge in [-0.2, -0.15) is 0 Å². The van der Waals surface area contributed by atoms with Gasteiger partial charge in [-0.15, -0.1) is 11.3 Å². The zero-order valence-electron chi connectivity index (χ0n) is 16.2. The van der Waals surface area contributed by atoms with E-state index in [-0.39, 0.29) is 6.10 Å². The van der Waals surface area contributed by atoms with Gasteiger partial charge in [0, 0.05) is 30.4 Å². The molecule has 146 valence electrons. The highest BCUT2D eigenvalue weighted by molar-refractivity contribution is 7.09. The zero-order valence-corrected chi connectivity index (χ0v) is 17.0. The summed E-state index contributed by atoms with van der Waals surface area (Å²) in [6, 6.07) is 8.20. The predicted octanol–water partition coefficient (Wildman–Crippen LogP) is 3.92. The van der Waals surface area contributed by atoms with Crippen molar-refractivity contribution in [3.05, 3.63) is 52.0 Å². The van der Waals surface area contributed by atoms with Crippen LogP contribution in [0.25, 0.3) is 11.4 Å². The molecule has 2 N–H and O–H groups in total. The van der Waals surface area contributed by atoms with Crippen LogP contribution in [-0.4, -0.2) is 44.2 Å². The highest BCUT2D eigenvalue weighted by atomic mass is 32.1. The number of aliphatic hydroxyl groups excluding tert-OH is 1. The Balaban J connectivity index is 1.46. The third kappa shape index (κ3) is 4.73. The Kier molecular flexibility index (Phi) is 5.66. The van der Waals surface area contributed by atoms with Crippen molar-refractivity contribution < 1.29 is 5.11 Å². The first-order valence-corrected chi connectivity index (χ1v) is 10.5. The number of benzene rings is 1. The lowest BCUT2D eigenvalue weighted by molar-refractivity contribution is 0.0792. The summed E-state index contributed by atoms with van der Waals surface area (Å²) in [5.41, 5.74) is 5.09. The van der Waals surface area contributed by atoms with Crippen LogP contribution < -0.4 is 5.32 Å². The summed E-state index contributed by atoms with van der Waals surface area (Å²) in [5.74, 6) is 0.571. The Morgan fingerprint density at radius 3 is 2.61 bits per heavy atom. The van der Waals surface area contributed by atoms with E-state index in [1.165, 1.54) is 11.1 Å². The number of hydrogen-bond acceptors (Lipinski definition) is 7. The first-order chi connectivity index (χ1) is 13.5. The van der Waals surface area contributed by atoms with E-state index in [4.69, 9.17) is 4.98 Å². The number of nitrogens with one attached hydrogen (secondary N) is 1. The lowest BCUT2D eigenvalue weighted by atomic mass is 10.1. The van der Waals surface area contributed by atoms with Gasteiger partial charge in [0.05, 0.1) is 18.3 Å². The predicted molar refractivity (Wildman–Crippen MR) is 113 cm³/mol. The minimum atomic E-state index is -0.146. The van der Waals surface area contributed by atoms with Crippen molar-refractivity contribution >= 4 is 23.0 Å². The Hall–Kier alpha value is -2.35. The van der Waals surface area contributed by atoms with Gasteiger partial charge in [0.15, 0.2) is 0 Å². The monoisotopic (exact) mass is 395 g/mol. The lowest BCUT2D eigenvalue weighted by Gasteiger charge is -2.28. The smallest absolute Gasteiger partial charge is 0.227 e. The summed E-state index contributed by atoms with van der Waals surface area (Å²) in [4.78, 5) is 16.1. The Morgan fingerprint density at radius 2 is 1.86 bits per heavy atom. The molecule has 4 rings (SSSR count). The quantitative estimate of drug-likeness (QED) is 0.682. The van der Waals surface area contributed by atoms with Crippen molar-refractivity contribution in [1.82, 2.24) is 19.9 Å². The minimum Gasteiger partial charge on any atom is -0.393 e. The van der Waals surface area contributed by atoms with E-state index in [2.05, 4.69) is 57.6 Å². The van der Waals surface area contributed by atoms with Crippen molar-refractivity contribution in [2.24, 2.45) is 0 Å². The van der Waals surface area contributed by atoms with Gasteiger partial charge in [0.25, 0.3) is 0 Å². The molecule has 1 fully saturated rings. The van der Waals surface area contributed by atoms with Gasteiger partial charge >= 0.3 is 0 Å². The highest BCUT2D eigenvalue weighted by Crippen LogP contribution is 2.24. The van der Waals surface area contributed by atoms with Crippen molar-refractivity contribution in [3.63, 3.8) is 0 Å². The molecule has 3 aromatic rings. The number of aliphatic hydroxyl groups is 1. The minimum absolute atomic E-state index is 0.146. The van der Waals surface area contributed by atoms with Gasteiger partial charge in [-0.25, -0.2) is 15.0 Å². The van der Waals surface area contributed by atoms with Crippen LogP contribution in [0.2, 0.25) is 0 Å². The summed E-state index contributed by atoms with van der Waals surface area (Å²) in [7, 11) is 0. The van der Waals surface area contributed by atoms with Crippen LogP contribution in [0.15, 0.2) is 35.8 Å². The van der Waals surface area contributed by atoms with E-state index < -0.39 is 0 Å². The van der Waals surface area contributed by atoms with E-state index >= 15 is 0 Å². The molecule has 1 saturated heterocycles. The molecule has 0 bridgehead atoms. The maximum atomic E-state index is 9.65. The maximum Gasteiger partial charge on any atom is 0.227 e. The zero-order chi connectivity index (χ0) is 19.5. The molecule has 28 heavy (non-hydrogen) atoms. The van der Waals surface area contributed by atoms with Crippen molar-refractivity contribution in [3.8, 4) is 11.4 Å². The number of hydrogen-bond donors (Lipinski definition) is 2. The van der Waals surface area contributed by atoms with Crippen LogP contribution in [0, 0.1) is 13.8 Å². The first-order valence-electron chi connectivity index (χ1n) is 9.59. The molecule has 0 radical (unpaired) electrons. The summed E-state index contributed by atoms with van der Waals surface area (Å²) in [5, 5.41) is 16.1. The molecule has 6 nitrogen and oxygen atoms in total. The van der Waals surface area contributed by atoms with Crippen LogP contribution in [0.4, 0.5) is 11.6 Å². The van der Waals surface area contributed by atoms with Crippen molar-refractivity contribution in [2.45, 2.75) is 39.3 Å².